The van der Waals surface area contributed by atoms with Gasteiger partial charge in [0.25, 0.3) is 15.9 Å². The number of fused-ring (bicyclic) bond motifs is 1. The molecule has 1 heterocycles. The van der Waals surface area contributed by atoms with E-state index in [4.69, 9.17) is 4.74 Å². The summed E-state index contributed by atoms with van der Waals surface area (Å²) in [6.45, 7) is 6.65. The molecule has 0 saturated carbocycles. The maximum absolute atomic E-state index is 12.7. The van der Waals surface area contributed by atoms with Gasteiger partial charge in [0.2, 0.25) is 0 Å². The highest BCUT2D eigenvalue weighted by Gasteiger charge is 2.29. The Morgan fingerprint density at radius 2 is 1.72 bits per heavy atom. The number of amides is 1. The summed E-state index contributed by atoms with van der Waals surface area (Å²) in [7, 11) is -3.88. The fourth-order valence-electron chi connectivity index (χ4n) is 3.32. The molecule has 0 atom stereocenters. The quantitative estimate of drug-likeness (QED) is 0.470. The average Bonchev–Trinajstić information content (AvgIpc) is 2.76. The molecular formula is C23H27N3O5S. The first kappa shape index (κ1) is 23.5. The molecular weight excluding hydrogens is 430 g/mol. The highest BCUT2D eigenvalue weighted by atomic mass is 32.2. The molecule has 1 aliphatic heterocycles. The average molecular weight is 458 g/mol. The van der Waals surface area contributed by atoms with Crippen LogP contribution in [0.5, 0.6) is 0 Å². The van der Waals surface area contributed by atoms with Crippen molar-refractivity contribution < 1.29 is 22.7 Å². The lowest BCUT2D eigenvalue weighted by molar-refractivity contribution is 0.0499. The van der Waals surface area contributed by atoms with Crippen LogP contribution in [-0.2, 0) is 14.8 Å². The first-order valence-electron chi connectivity index (χ1n) is 10.6. The normalized spacial score (nSPS) is 14.3. The Kier molecular flexibility index (Phi) is 7.29. The minimum Gasteiger partial charge on any atom is -0.462 e. The van der Waals surface area contributed by atoms with E-state index in [0.29, 0.717) is 35.9 Å². The summed E-state index contributed by atoms with van der Waals surface area (Å²) in [6, 6.07) is 10.9. The summed E-state index contributed by atoms with van der Waals surface area (Å²) in [5, 5.41) is 2.72. The summed E-state index contributed by atoms with van der Waals surface area (Å²) in [5.74, 6) is -0.469. The molecule has 1 N–H and O–H groups in total. The third-order valence-electron chi connectivity index (χ3n) is 4.99. The number of rotatable bonds is 8. The molecule has 3 rings (SSSR count). The third-order valence-corrected chi connectivity index (χ3v) is 6.38. The fraction of sp³-hybridized carbons (Fsp3) is 0.348. The molecule has 0 aromatic heterocycles. The second-order valence-electron chi connectivity index (χ2n) is 7.47. The van der Waals surface area contributed by atoms with Crippen molar-refractivity contribution in [2.45, 2.75) is 44.9 Å². The van der Waals surface area contributed by atoms with Gasteiger partial charge in [0.1, 0.15) is 10.7 Å². The zero-order chi connectivity index (χ0) is 23.3. The lowest BCUT2D eigenvalue weighted by atomic mass is 10.1. The van der Waals surface area contributed by atoms with Gasteiger partial charge in [-0.3, -0.25) is 4.79 Å². The van der Waals surface area contributed by atoms with Crippen molar-refractivity contribution in [1.29, 1.82) is 0 Å². The van der Waals surface area contributed by atoms with Crippen molar-refractivity contribution in [3.63, 3.8) is 0 Å². The van der Waals surface area contributed by atoms with E-state index in [1.165, 1.54) is 6.07 Å². The maximum atomic E-state index is 12.7. The molecule has 170 valence electrons. The molecule has 0 spiro atoms. The molecule has 2 aromatic carbocycles. The Morgan fingerprint density at radius 1 is 1.03 bits per heavy atom. The van der Waals surface area contributed by atoms with Gasteiger partial charge in [0, 0.05) is 17.8 Å². The number of amidine groups is 1. The van der Waals surface area contributed by atoms with Crippen LogP contribution in [0.2, 0.25) is 0 Å². The number of anilines is 2. The number of carbonyl (C=O) groups excluding carboxylic acids is 2. The molecule has 1 amide bonds. The Labute approximate surface area is 188 Å². The van der Waals surface area contributed by atoms with Crippen molar-refractivity contribution in [1.82, 2.24) is 0 Å². The van der Waals surface area contributed by atoms with Crippen molar-refractivity contribution in [3.8, 4) is 0 Å². The number of hydrogen-bond donors (Lipinski definition) is 1. The van der Waals surface area contributed by atoms with Crippen molar-refractivity contribution in [2.24, 2.45) is 4.40 Å². The van der Waals surface area contributed by atoms with Crippen LogP contribution in [0.15, 0.2) is 51.8 Å². The smallest absolute Gasteiger partial charge is 0.338 e. The number of ether oxygens (including phenoxy) is 1. The predicted octanol–water partition coefficient (Wildman–Crippen LogP) is 4.23. The fourth-order valence-corrected chi connectivity index (χ4v) is 4.59. The van der Waals surface area contributed by atoms with E-state index >= 15 is 0 Å². The van der Waals surface area contributed by atoms with Crippen molar-refractivity contribution in [3.05, 3.63) is 53.6 Å². The van der Waals surface area contributed by atoms with Crippen molar-refractivity contribution >= 4 is 39.1 Å². The van der Waals surface area contributed by atoms with Gasteiger partial charge in [-0.05, 0) is 62.2 Å². The minimum atomic E-state index is -3.88. The summed E-state index contributed by atoms with van der Waals surface area (Å²) in [5.41, 5.74) is 1.58. The van der Waals surface area contributed by atoms with Crippen LogP contribution in [0.1, 0.15) is 60.7 Å². The van der Waals surface area contributed by atoms with Crippen molar-refractivity contribution in [2.75, 3.05) is 23.4 Å². The van der Waals surface area contributed by atoms with E-state index < -0.39 is 21.9 Å². The molecule has 0 aliphatic carbocycles. The first-order chi connectivity index (χ1) is 15.3. The topological polar surface area (TPSA) is 105 Å². The Morgan fingerprint density at radius 3 is 2.38 bits per heavy atom. The van der Waals surface area contributed by atoms with Crippen LogP contribution in [0, 0.1) is 0 Å². The number of benzene rings is 2. The number of nitrogens with one attached hydrogen (secondary N) is 1. The number of unbranched alkanes of at least 4 members (excludes halogenated alkanes) is 1. The monoisotopic (exact) mass is 457 g/mol. The standard InChI is InChI=1S/C23H27N3O5S/c1-4-6-14-31-23(28)17-7-10-19(11-8-17)24-22(27)18-9-12-20-21(15-18)32(29,30)25-16(3)26(20)13-5-2/h7-12,15H,4-6,13-14H2,1-3H3,(H,24,27). The summed E-state index contributed by atoms with van der Waals surface area (Å²) >= 11 is 0. The van der Waals surface area contributed by atoms with Gasteiger partial charge < -0.3 is 15.0 Å². The minimum absolute atomic E-state index is 0.00868. The largest absolute Gasteiger partial charge is 0.462 e. The second-order valence-corrected chi connectivity index (χ2v) is 9.04. The van der Waals surface area contributed by atoms with Gasteiger partial charge in [-0.15, -0.1) is 4.40 Å². The highest BCUT2D eigenvalue weighted by molar-refractivity contribution is 7.90. The van der Waals surface area contributed by atoms with Gasteiger partial charge in [-0.25, -0.2) is 4.79 Å². The summed E-state index contributed by atoms with van der Waals surface area (Å²) in [6.07, 6.45) is 2.55. The number of carbonyl (C=O) groups is 2. The van der Waals surface area contributed by atoms with Crippen LogP contribution in [0.4, 0.5) is 11.4 Å². The van der Waals surface area contributed by atoms with E-state index in [2.05, 4.69) is 9.71 Å². The lowest BCUT2D eigenvalue weighted by Crippen LogP contribution is -2.34. The first-order valence-corrected chi connectivity index (χ1v) is 12.0. The molecule has 0 bridgehead atoms. The van der Waals surface area contributed by atoms with Gasteiger partial charge in [0.05, 0.1) is 17.9 Å². The van der Waals surface area contributed by atoms with Crippen LogP contribution in [0.3, 0.4) is 0 Å². The number of hydrogen-bond acceptors (Lipinski definition) is 6. The van der Waals surface area contributed by atoms with Crippen LogP contribution < -0.4 is 10.2 Å². The van der Waals surface area contributed by atoms with Gasteiger partial charge >= 0.3 is 5.97 Å². The molecule has 32 heavy (non-hydrogen) atoms. The molecule has 2 aromatic rings. The molecule has 0 fully saturated rings. The van der Waals surface area contributed by atoms with E-state index in [1.807, 2.05) is 18.7 Å². The molecule has 0 unspecified atom stereocenters. The van der Waals surface area contributed by atoms with Crippen LogP contribution >= 0.6 is 0 Å². The summed E-state index contributed by atoms with van der Waals surface area (Å²) in [4.78, 5) is 26.6. The molecule has 0 saturated heterocycles. The zero-order valence-corrected chi connectivity index (χ0v) is 19.2. The Bertz CT molecular complexity index is 1140. The third kappa shape index (κ3) is 5.16. The summed E-state index contributed by atoms with van der Waals surface area (Å²) < 4.78 is 34.1. The molecule has 9 heteroatoms. The van der Waals surface area contributed by atoms with E-state index in [1.54, 1.807) is 43.3 Å². The molecule has 0 radical (unpaired) electrons. The second kappa shape index (κ2) is 9.95. The Balaban J connectivity index is 1.76. The van der Waals surface area contributed by atoms with Gasteiger partial charge in [0.15, 0.2) is 0 Å². The number of nitrogens with zero attached hydrogens (tertiary/aromatic N) is 2. The lowest BCUT2D eigenvalue weighted by Gasteiger charge is -2.29. The van der Waals surface area contributed by atoms with Crippen LogP contribution in [-0.4, -0.2) is 39.3 Å². The SMILES string of the molecule is CCCCOC(=O)c1ccc(NC(=O)c2ccc3c(c2)S(=O)(=O)N=C(C)N3CCC)cc1. The number of sulfonamides is 1. The van der Waals surface area contributed by atoms with E-state index in [9.17, 15) is 18.0 Å². The predicted molar refractivity (Wildman–Crippen MR) is 124 cm³/mol. The van der Waals surface area contributed by atoms with Gasteiger partial charge in [-0.2, -0.15) is 8.42 Å². The molecule has 8 nitrogen and oxygen atoms in total. The van der Waals surface area contributed by atoms with Crippen LogP contribution in [0.25, 0.3) is 0 Å². The van der Waals surface area contributed by atoms with E-state index in [-0.39, 0.29) is 10.5 Å². The molecule has 1 aliphatic rings. The Hall–Kier alpha value is -3.20. The number of esters is 1. The zero-order valence-electron chi connectivity index (χ0n) is 18.4. The highest BCUT2D eigenvalue weighted by Crippen LogP contribution is 2.32. The van der Waals surface area contributed by atoms with E-state index in [0.717, 1.165) is 19.3 Å². The maximum Gasteiger partial charge on any atom is 0.338 e. The van der Waals surface area contributed by atoms with Gasteiger partial charge in [-0.1, -0.05) is 20.3 Å².